The van der Waals surface area contributed by atoms with Gasteiger partial charge in [-0.25, -0.2) is 9.97 Å². The van der Waals surface area contributed by atoms with Crippen LogP contribution in [0.1, 0.15) is 57.3 Å². The zero-order valence-corrected chi connectivity index (χ0v) is 26.6. The van der Waals surface area contributed by atoms with Crippen molar-refractivity contribution >= 4 is 45.4 Å². The van der Waals surface area contributed by atoms with E-state index in [0.717, 1.165) is 66.1 Å². The van der Waals surface area contributed by atoms with Gasteiger partial charge in [0.05, 0.1) is 18.1 Å². The zero-order chi connectivity index (χ0) is 32.0. The molecule has 1 amide bonds. The fourth-order valence-electron chi connectivity index (χ4n) is 6.37. The number of aliphatic hydroxyl groups excluding tert-OH is 1. The highest BCUT2D eigenvalue weighted by Gasteiger charge is 2.40. The summed E-state index contributed by atoms with van der Waals surface area (Å²) in [5.41, 5.74) is 2.71. The molecule has 238 valence electrons. The fraction of sp³-hybridized carbons (Fsp3) is 0.471. The number of H-pyrrole nitrogens is 1. The van der Waals surface area contributed by atoms with Gasteiger partial charge in [0.1, 0.15) is 23.0 Å². The van der Waals surface area contributed by atoms with Crippen molar-refractivity contribution in [2.75, 3.05) is 44.3 Å². The topological polar surface area (TPSA) is 125 Å². The number of hydrogen-bond acceptors (Lipinski definition) is 8. The number of likely N-dealkylation sites (tertiary alicyclic amines) is 1. The van der Waals surface area contributed by atoms with Crippen LogP contribution in [0.25, 0.3) is 22.1 Å². The summed E-state index contributed by atoms with van der Waals surface area (Å²) in [6.07, 6.45) is 11.7. The molecular weight excluding hydrogens is 594 g/mol. The molecular formula is C34H40ClN5O5. The van der Waals surface area contributed by atoms with Gasteiger partial charge in [0.15, 0.2) is 11.4 Å². The van der Waals surface area contributed by atoms with E-state index in [1.54, 1.807) is 6.07 Å². The lowest BCUT2D eigenvalue weighted by molar-refractivity contribution is -0.135. The molecule has 2 aliphatic heterocycles. The van der Waals surface area contributed by atoms with Gasteiger partial charge in [-0.3, -0.25) is 9.59 Å². The maximum atomic E-state index is 13.0. The van der Waals surface area contributed by atoms with E-state index in [2.05, 4.69) is 30.2 Å². The maximum Gasteiger partial charge on any atom is 0.251 e. The first-order valence-corrected chi connectivity index (χ1v) is 15.9. The summed E-state index contributed by atoms with van der Waals surface area (Å²) >= 11 is 6.16. The average molecular weight is 634 g/mol. The lowest BCUT2D eigenvalue weighted by Crippen LogP contribution is -2.51. The quantitative estimate of drug-likeness (QED) is 0.185. The Morgan fingerprint density at radius 3 is 2.76 bits per heavy atom. The van der Waals surface area contributed by atoms with Crippen molar-refractivity contribution < 1.29 is 19.1 Å². The maximum absolute atomic E-state index is 13.0. The van der Waals surface area contributed by atoms with Crippen molar-refractivity contribution in [3.8, 4) is 12.5 Å². The van der Waals surface area contributed by atoms with Gasteiger partial charge < -0.3 is 29.0 Å². The molecule has 0 aliphatic carbocycles. The van der Waals surface area contributed by atoms with Crippen molar-refractivity contribution in [2.24, 2.45) is 5.92 Å². The third kappa shape index (κ3) is 7.10. The highest BCUT2D eigenvalue weighted by atomic mass is 35.5. The number of aromatic nitrogens is 3. The molecule has 0 radical (unpaired) electrons. The largest absolute Gasteiger partial charge is 0.462 e. The average Bonchev–Trinajstić information content (AvgIpc) is 3.70. The number of hydrogen-bond donors (Lipinski definition) is 2. The molecule has 0 saturated carbocycles. The molecule has 2 saturated heterocycles. The number of halogens is 1. The molecule has 5 heterocycles. The number of para-hydroxylation sites is 1. The minimum Gasteiger partial charge on any atom is -0.462 e. The number of nitrogens with one attached hydrogen (secondary N) is 1. The number of aryl methyl sites for hydroxylation is 1. The predicted octanol–water partition coefficient (Wildman–Crippen LogP) is 5.43. The minimum absolute atomic E-state index is 0.0831. The monoisotopic (exact) mass is 633 g/mol. The van der Waals surface area contributed by atoms with Crippen LogP contribution >= 0.6 is 11.6 Å². The zero-order valence-electron chi connectivity index (χ0n) is 25.9. The number of amides is 1. The van der Waals surface area contributed by atoms with Crippen molar-refractivity contribution in [2.45, 2.75) is 57.8 Å². The number of furan rings is 1. The summed E-state index contributed by atoms with van der Waals surface area (Å²) in [7, 11) is 0. The Bertz CT molecular complexity index is 1740. The number of rotatable bonds is 9. The number of anilines is 1. The van der Waals surface area contributed by atoms with Gasteiger partial charge in [-0.05, 0) is 49.8 Å². The number of benzene rings is 1. The Morgan fingerprint density at radius 1 is 1.24 bits per heavy atom. The lowest BCUT2D eigenvalue weighted by atomic mass is 9.68. The Balaban J connectivity index is 0.00000128. The van der Waals surface area contributed by atoms with Gasteiger partial charge in [-0.2, -0.15) is 0 Å². The summed E-state index contributed by atoms with van der Waals surface area (Å²) in [5.74, 6) is 1.88. The van der Waals surface area contributed by atoms with Gasteiger partial charge >= 0.3 is 0 Å². The van der Waals surface area contributed by atoms with Crippen LogP contribution in [0, 0.1) is 18.4 Å². The molecule has 2 N–H and O–H groups in total. The second-order valence-corrected chi connectivity index (χ2v) is 12.4. The molecule has 3 aromatic heterocycles. The first kappa shape index (κ1) is 32.3. The number of aromatic amines is 1. The van der Waals surface area contributed by atoms with E-state index in [9.17, 15) is 9.59 Å². The SMILES string of the molecule is C#CO.CC1CN(C(=O)CCOCCCc2nc(N3CCCC3)c3oc4ccccc4c3n2)CCC1(C)c1cc(Cl)c[nH]c1=O. The third-order valence-corrected chi connectivity index (χ3v) is 9.34. The van der Waals surface area contributed by atoms with Crippen molar-refractivity contribution in [1.82, 2.24) is 19.9 Å². The number of terminal acetylenes is 1. The molecule has 2 fully saturated rings. The second kappa shape index (κ2) is 14.4. The van der Waals surface area contributed by atoms with E-state index in [1.165, 1.54) is 12.3 Å². The molecule has 0 spiro atoms. The summed E-state index contributed by atoms with van der Waals surface area (Å²) in [6, 6.07) is 9.77. The summed E-state index contributed by atoms with van der Waals surface area (Å²) in [5, 5.41) is 8.63. The highest BCUT2D eigenvalue weighted by molar-refractivity contribution is 6.30. The van der Waals surface area contributed by atoms with Crippen LogP contribution in [-0.4, -0.2) is 70.3 Å². The van der Waals surface area contributed by atoms with Crippen LogP contribution < -0.4 is 10.5 Å². The molecule has 2 unspecified atom stereocenters. The second-order valence-electron chi connectivity index (χ2n) is 12.0. The van der Waals surface area contributed by atoms with Gasteiger partial charge in [-0.1, -0.05) is 44.0 Å². The van der Waals surface area contributed by atoms with Gasteiger partial charge in [-0.15, -0.1) is 0 Å². The van der Waals surface area contributed by atoms with Crippen LogP contribution in [0.2, 0.25) is 5.02 Å². The van der Waals surface area contributed by atoms with Crippen LogP contribution in [-0.2, 0) is 21.4 Å². The summed E-state index contributed by atoms with van der Waals surface area (Å²) < 4.78 is 12.0. The van der Waals surface area contributed by atoms with Crippen LogP contribution in [0.5, 0.6) is 0 Å². The highest BCUT2D eigenvalue weighted by Crippen LogP contribution is 2.38. The number of carbonyl (C=O) groups excluding carboxylic acids is 1. The number of nitrogens with zero attached hydrogens (tertiary/aromatic N) is 4. The van der Waals surface area contributed by atoms with E-state index < -0.39 is 0 Å². The van der Waals surface area contributed by atoms with E-state index >= 15 is 0 Å². The van der Waals surface area contributed by atoms with Crippen LogP contribution in [0.4, 0.5) is 5.82 Å². The molecule has 2 aliphatic rings. The molecule has 2 atom stereocenters. The Hall–Kier alpha value is -4.07. The number of piperidine rings is 1. The first-order valence-electron chi connectivity index (χ1n) is 15.5. The summed E-state index contributed by atoms with van der Waals surface area (Å²) in [4.78, 5) is 42.2. The number of fused-ring (bicyclic) bond motifs is 3. The molecule has 4 aromatic rings. The Morgan fingerprint density at radius 2 is 2.00 bits per heavy atom. The number of ether oxygens (including phenoxy) is 1. The molecule has 11 heteroatoms. The molecule has 1 aromatic carbocycles. The molecule has 45 heavy (non-hydrogen) atoms. The van der Waals surface area contributed by atoms with Crippen LogP contribution in [0.15, 0.2) is 45.7 Å². The molecule has 6 rings (SSSR count). The Labute approximate surface area is 267 Å². The summed E-state index contributed by atoms with van der Waals surface area (Å²) in [6.45, 7) is 8.26. The van der Waals surface area contributed by atoms with E-state index in [0.29, 0.717) is 56.2 Å². The van der Waals surface area contributed by atoms with Gasteiger partial charge in [0.25, 0.3) is 5.56 Å². The van der Waals surface area contributed by atoms with Crippen molar-refractivity contribution in [3.63, 3.8) is 0 Å². The van der Waals surface area contributed by atoms with E-state index in [4.69, 9.17) is 35.8 Å². The number of aliphatic hydroxyl groups is 1. The number of pyridine rings is 1. The van der Waals surface area contributed by atoms with Gasteiger partial charge in [0.2, 0.25) is 5.91 Å². The van der Waals surface area contributed by atoms with E-state index in [-0.39, 0.29) is 22.8 Å². The fourth-order valence-corrected chi connectivity index (χ4v) is 6.54. The van der Waals surface area contributed by atoms with E-state index in [1.807, 2.05) is 29.2 Å². The van der Waals surface area contributed by atoms with Crippen LogP contribution in [0.3, 0.4) is 0 Å². The first-order chi connectivity index (χ1) is 21.7. The Kier molecular flexibility index (Phi) is 10.3. The third-order valence-electron chi connectivity index (χ3n) is 9.12. The van der Waals surface area contributed by atoms with Crippen molar-refractivity contribution in [3.05, 3.63) is 63.3 Å². The van der Waals surface area contributed by atoms with Gasteiger partial charge in [0, 0.05) is 61.8 Å². The molecule has 0 bridgehead atoms. The standard InChI is InChI=1S/C32H38ClN5O4.C2H2O/c1-21-20-38(15-12-32(21,2)24-18-22(33)19-34-31(24)40)27(39)11-17-41-16-7-10-26-35-28-23-8-3-4-9-25(23)42-29(28)30(36-26)37-13-5-6-14-37;1-2-3/h3-4,8-9,18-19,21H,5-7,10-17,20H2,1-2H3,(H,34,40);1,3H. The number of carbonyl (C=O) groups is 1. The predicted molar refractivity (Wildman–Crippen MR) is 175 cm³/mol. The smallest absolute Gasteiger partial charge is 0.251 e. The minimum atomic E-state index is -0.339. The lowest BCUT2D eigenvalue weighted by Gasteiger charge is -2.44. The molecule has 10 nitrogen and oxygen atoms in total. The normalized spacial score (nSPS) is 19.8. The van der Waals surface area contributed by atoms with Crippen molar-refractivity contribution in [1.29, 1.82) is 0 Å².